The highest BCUT2D eigenvalue weighted by molar-refractivity contribution is 9.11. The summed E-state index contributed by atoms with van der Waals surface area (Å²) in [5.41, 5.74) is 0.929. The van der Waals surface area contributed by atoms with E-state index in [0.717, 1.165) is 16.9 Å². The molecule has 0 atom stereocenters. The topological polar surface area (TPSA) is 83.5 Å². The van der Waals surface area contributed by atoms with E-state index in [1.165, 1.54) is 17.5 Å². The van der Waals surface area contributed by atoms with Crippen LogP contribution in [0.15, 0.2) is 37.4 Å². The highest BCUT2D eigenvalue weighted by Crippen LogP contribution is 2.31. The van der Waals surface area contributed by atoms with Crippen molar-refractivity contribution in [3.05, 3.63) is 43.0 Å². The highest BCUT2D eigenvalue weighted by atomic mass is 79.9. The van der Waals surface area contributed by atoms with Crippen molar-refractivity contribution in [1.82, 2.24) is 0 Å². The van der Waals surface area contributed by atoms with E-state index in [2.05, 4.69) is 36.6 Å². The molecular weight excluding hydrogens is 446 g/mol. The van der Waals surface area contributed by atoms with Gasteiger partial charge in [0.2, 0.25) is 0 Å². The normalized spacial score (nSPS) is 11.4. The SMILES string of the molecule is Cc1cc(Br)c(S(=O)(=O)Nc2ccsc2C(=O)O)cc1Br. The van der Waals surface area contributed by atoms with E-state index in [4.69, 9.17) is 5.11 Å². The lowest BCUT2D eigenvalue weighted by Crippen LogP contribution is -2.15. The molecule has 1 heterocycles. The smallest absolute Gasteiger partial charge is 0.348 e. The van der Waals surface area contributed by atoms with Gasteiger partial charge in [-0.15, -0.1) is 11.3 Å². The van der Waals surface area contributed by atoms with Crippen LogP contribution in [0.2, 0.25) is 0 Å². The number of carboxylic acids is 1. The van der Waals surface area contributed by atoms with E-state index >= 15 is 0 Å². The average molecular weight is 455 g/mol. The lowest BCUT2D eigenvalue weighted by atomic mass is 10.2. The minimum absolute atomic E-state index is 0.0301. The fraction of sp³-hybridized carbons (Fsp3) is 0.0833. The van der Waals surface area contributed by atoms with Crippen molar-refractivity contribution in [3.63, 3.8) is 0 Å². The van der Waals surface area contributed by atoms with E-state index in [1.54, 1.807) is 6.07 Å². The van der Waals surface area contributed by atoms with Gasteiger partial charge in [-0.1, -0.05) is 15.9 Å². The van der Waals surface area contributed by atoms with Gasteiger partial charge >= 0.3 is 5.97 Å². The van der Waals surface area contributed by atoms with Gasteiger partial charge in [0, 0.05) is 8.95 Å². The Hall–Kier alpha value is -0.900. The van der Waals surface area contributed by atoms with Crippen LogP contribution in [0.5, 0.6) is 0 Å². The quantitative estimate of drug-likeness (QED) is 0.728. The molecule has 0 unspecified atom stereocenters. The predicted molar refractivity (Wildman–Crippen MR) is 88.7 cm³/mol. The standard InChI is InChI=1S/C12H9Br2NO4S2/c1-6-4-8(14)10(5-7(6)13)21(18,19)15-9-2-3-20-11(9)12(16)17/h2-5,15H,1H3,(H,16,17). The van der Waals surface area contributed by atoms with E-state index < -0.39 is 16.0 Å². The molecule has 0 saturated carbocycles. The van der Waals surface area contributed by atoms with Crippen LogP contribution in [-0.4, -0.2) is 19.5 Å². The van der Waals surface area contributed by atoms with Crippen molar-refractivity contribution in [3.8, 4) is 0 Å². The molecule has 9 heteroatoms. The van der Waals surface area contributed by atoms with Gasteiger partial charge in [0.05, 0.1) is 5.69 Å². The molecule has 0 aliphatic carbocycles. The first-order valence-electron chi connectivity index (χ1n) is 5.51. The minimum atomic E-state index is -3.89. The van der Waals surface area contributed by atoms with Gasteiger partial charge in [0.15, 0.2) is 0 Å². The number of sulfonamides is 1. The first kappa shape index (κ1) is 16.5. The molecule has 2 N–H and O–H groups in total. The second kappa shape index (κ2) is 6.07. The third kappa shape index (κ3) is 3.47. The summed E-state index contributed by atoms with van der Waals surface area (Å²) in [5, 5.41) is 10.5. The van der Waals surface area contributed by atoms with Crippen LogP contribution < -0.4 is 4.72 Å². The molecule has 1 aromatic heterocycles. The van der Waals surface area contributed by atoms with Gasteiger partial charge in [-0.3, -0.25) is 4.72 Å². The Morgan fingerprint density at radius 3 is 2.57 bits per heavy atom. The zero-order valence-electron chi connectivity index (χ0n) is 10.6. The molecule has 0 aliphatic rings. The van der Waals surface area contributed by atoms with Crippen LogP contribution >= 0.6 is 43.2 Å². The molecule has 1 aromatic carbocycles. The summed E-state index contributed by atoms with van der Waals surface area (Å²) < 4.78 is 28.2. The molecule has 0 bridgehead atoms. The molecule has 2 rings (SSSR count). The third-order valence-electron chi connectivity index (χ3n) is 2.61. The third-order valence-corrected chi connectivity index (χ3v) is 6.69. The minimum Gasteiger partial charge on any atom is -0.477 e. The molecule has 0 saturated heterocycles. The van der Waals surface area contributed by atoms with Gasteiger partial charge in [-0.2, -0.15) is 0 Å². The number of halogens is 2. The molecule has 0 radical (unpaired) electrons. The Balaban J connectivity index is 2.46. The predicted octanol–water partition coefficient (Wildman–Crippen LogP) is 4.08. The number of aryl methyl sites for hydroxylation is 1. The van der Waals surface area contributed by atoms with Crippen LogP contribution in [0.1, 0.15) is 15.2 Å². The van der Waals surface area contributed by atoms with Crippen LogP contribution in [0, 0.1) is 6.92 Å². The van der Waals surface area contributed by atoms with Crippen molar-refractivity contribution in [2.45, 2.75) is 11.8 Å². The number of aromatic carboxylic acids is 1. The summed E-state index contributed by atoms with van der Waals surface area (Å²) in [6, 6.07) is 4.56. The molecule has 0 aliphatic heterocycles. The number of hydrogen-bond donors (Lipinski definition) is 2. The van der Waals surface area contributed by atoms with Crippen molar-refractivity contribution in [2.75, 3.05) is 4.72 Å². The Bertz CT molecular complexity index is 815. The maximum Gasteiger partial charge on any atom is 0.348 e. The molecule has 0 fully saturated rings. The fourth-order valence-corrected chi connectivity index (χ4v) is 5.09. The lowest BCUT2D eigenvalue weighted by Gasteiger charge is -2.11. The molecule has 0 spiro atoms. The number of carboxylic acid groups (broad SMARTS) is 1. The molecule has 21 heavy (non-hydrogen) atoms. The molecule has 5 nitrogen and oxygen atoms in total. The van der Waals surface area contributed by atoms with Gasteiger partial charge in [0.1, 0.15) is 9.77 Å². The van der Waals surface area contributed by atoms with Gasteiger partial charge < -0.3 is 5.11 Å². The van der Waals surface area contributed by atoms with Crippen molar-refractivity contribution in [2.24, 2.45) is 0 Å². The van der Waals surface area contributed by atoms with Crippen LogP contribution in [0.4, 0.5) is 5.69 Å². The van der Waals surface area contributed by atoms with Gasteiger partial charge in [0.25, 0.3) is 10.0 Å². The van der Waals surface area contributed by atoms with E-state index in [-0.39, 0.29) is 15.5 Å². The molecule has 112 valence electrons. The van der Waals surface area contributed by atoms with Gasteiger partial charge in [-0.25, -0.2) is 13.2 Å². The summed E-state index contributed by atoms with van der Waals surface area (Å²) in [4.78, 5) is 11.0. The fourth-order valence-electron chi connectivity index (χ4n) is 1.59. The second-order valence-electron chi connectivity index (χ2n) is 4.11. The number of benzene rings is 1. The number of hydrogen-bond acceptors (Lipinski definition) is 4. The van der Waals surface area contributed by atoms with E-state index in [9.17, 15) is 13.2 Å². The summed E-state index contributed by atoms with van der Waals surface area (Å²) in [6.07, 6.45) is 0. The van der Waals surface area contributed by atoms with Crippen LogP contribution in [0.3, 0.4) is 0 Å². The summed E-state index contributed by atoms with van der Waals surface area (Å²) in [6.45, 7) is 1.83. The van der Waals surface area contributed by atoms with Crippen molar-refractivity contribution >= 4 is 64.9 Å². The number of nitrogens with one attached hydrogen (secondary N) is 1. The Kier molecular flexibility index (Phi) is 4.76. The molecular formula is C12H9Br2NO4S2. The largest absolute Gasteiger partial charge is 0.477 e. The Morgan fingerprint density at radius 2 is 1.95 bits per heavy atom. The number of thiophene rings is 1. The van der Waals surface area contributed by atoms with Gasteiger partial charge in [-0.05, 0) is 52.0 Å². The summed E-state index contributed by atoms with van der Waals surface area (Å²) in [5.74, 6) is -1.17. The number of carbonyl (C=O) groups is 1. The van der Waals surface area contributed by atoms with E-state index in [0.29, 0.717) is 8.95 Å². The first-order valence-corrected chi connectivity index (χ1v) is 9.46. The second-order valence-corrected chi connectivity index (χ2v) is 8.38. The summed E-state index contributed by atoms with van der Waals surface area (Å²) in [7, 11) is -3.89. The maximum absolute atomic E-state index is 12.4. The zero-order valence-corrected chi connectivity index (χ0v) is 15.4. The monoisotopic (exact) mass is 453 g/mol. The van der Waals surface area contributed by atoms with Crippen molar-refractivity contribution < 1.29 is 18.3 Å². The first-order chi connectivity index (χ1) is 9.72. The average Bonchev–Trinajstić information content (AvgIpc) is 2.81. The Labute approximate surface area is 142 Å². The van der Waals surface area contributed by atoms with E-state index in [1.807, 2.05) is 6.92 Å². The zero-order chi connectivity index (χ0) is 15.8. The van der Waals surface area contributed by atoms with Crippen LogP contribution in [-0.2, 0) is 10.0 Å². The lowest BCUT2D eigenvalue weighted by molar-refractivity contribution is 0.0703. The molecule has 2 aromatic rings. The Morgan fingerprint density at radius 1 is 1.29 bits per heavy atom. The highest BCUT2D eigenvalue weighted by Gasteiger charge is 2.22. The van der Waals surface area contributed by atoms with Crippen molar-refractivity contribution in [1.29, 1.82) is 0 Å². The number of rotatable bonds is 4. The number of anilines is 1. The van der Waals surface area contributed by atoms with Crippen LogP contribution in [0.25, 0.3) is 0 Å². The molecule has 0 amide bonds. The summed E-state index contributed by atoms with van der Waals surface area (Å²) >= 11 is 7.45. The maximum atomic E-state index is 12.4.